The Kier molecular flexibility index (Phi) is 4.58. The first-order chi connectivity index (χ1) is 4.16. The second-order valence-electron chi connectivity index (χ2n) is 1.75. The molecule has 1 atom stereocenters. The maximum atomic E-state index is 11.4. The van der Waals surface area contributed by atoms with Gasteiger partial charge in [-0.1, -0.05) is 6.92 Å². The molecule has 1 unspecified atom stereocenters. The van der Waals surface area contributed by atoms with Gasteiger partial charge in [-0.3, -0.25) is 0 Å². The minimum absolute atomic E-state index is 0.293. The summed E-state index contributed by atoms with van der Waals surface area (Å²) in [6.07, 6.45) is -1.99. The van der Waals surface area contributed by atoms with Crippen LogP contribution in [-0.2, 0) is 4.74 Å². The first-order valence-electron chi connectivity index (χ1n) is 2.89. The number of ether oxygens (including phenoxy) is 1. The van der Waals surface area contributed by atoms with Gasteiger partial charge in [-0.05, 0) is 13.3 Å². The van der Waals surface area contributed by atoms with Crippen molar-refractivity contribution < 1.29 is 13.5 Å². The standard InChI is InChI=1S/C6H11F2O/c1-3-5(2)9-4-6(7)8/h5-6H,2-4H2,1H3. The summed E-state index contributed by atoms with van der Waals surface area (Å²) in [6, 6.07) is 0. The van der Waals surface area contributed by atoms with Crippen molar-refractivity contribution in [3.63, 3.8) is 0 Å². The second kappa shape index (κ2) is 4.68. The van der Waals surface area contributed by atoms with E-state index in [1.807, 2.05) is 6.92 Å². The highest BCUT2D eigenvalue weighted by molar-refractivity contribution is 4.55. The topological polar surface area (TPSA) is 9.23 Å². The first-order valence-corrected chi connectivity index (χ1v) is 2.89. The fraction of sp³-hybridized carbons (Fsp3) is 0.833. The molecule has 0 spiro atoms. The highest BCUT2D eigenvalue weighted by Crippen LogP contribution is 1.99. The normalized spacial score (nSPS) is 14.3. The van der Waals surface area contributed by atoms with Gasteiger partial charge >= 0.3 is 0 Å². The monoisotopic (exact) mass is 137 g/mol. The lowest BCUT2D eigenvalue weighted by Crippen LogP contribution is -2.12. The van der Waals surface area contributed by atoms with Crippen molar-refractivity contribution in [1.82, 2.24) is 0 Å². The van der Waals surface area contributed by atoms with Crippen LogP contribution in [0.25, 0.3) is 0 Å². The summed E-state index contributed by atoms with van der Waals surface area (Å²) in [4.78, 5) is 0. The largest absolute Gasteiger partial charge is 0.372 e. The van der Waals surface area contributed by atoms with Crippen molar-refractivity contribution in [3.8, 4) is 0 Å². The maximum Gasteiger partial charge on any atom is 0.261 e. The molecule has 1 radical (unpaired) electrons. The molecule has 0 aliphatic rings. The van der Waals surface area contributed by atoms with Crippen molar-refractivity contribution in [2.75, 3.05) is 6.61 Å². The first kappa shape index (κ1) is 8.82. The van der Waals surface area contributed by atoms with E-state index in [-0.39, 0.29) is 6.10 Å². The van der Waals surface area contributed by atoms with Crippen LogP contribution in [0.2, 0.25) is 0 Å². The van der Waals surface area contributed by atoms with Gasteiger partial charge in [0.25, 0.3) is 6.43 Å². The summed E-state index contributed by atoms with van der Waals surface area (Å²) in [5.74, 6) is 0. The van der Waals surface area contributed by atoms with Crippen LogP contribution in [0, 0.1) is 6.92 Å². The molecule has 0 saturated heterocycles. The number of rotatable bonds is 4. The Morgan fingerprint density at radius 2 is 2.11 bits per heavy atom. The molecule has 0 N–H and O–H groups in total. The zero-order chi connectivity index (χ0) is 7.28. The minimum atomic E-state index is -2.37. The van der Waals surface area contributed by atoms with E-state index < -0.39 is 13.0 Å². The van der Waals surface area contributed by atoms with Gasteiger partial charge in [0.15, 0.2) is 0 Å². The third kappa shape index (κ3) is 5.69. The van der Waals surface area contributed by atoms with E-state index in [1.54, 1.807) is 0 Å². The van der Waals surface area contributed by atoms with E-state index in [0.717, 1.165) is 0 Å². The van der Waals surface area contributed by atoms with E-state index in [9.17, 15) is 8.78 Å². The lowest BCUT2D eigenvalue weighted by Gasteiger charge is -2.08. The van der Waals surface area contributed by atoms with E-state index in [1.165, 1.54) is 0 Å². The summed E-state index contributed by atoms with van der Waals surface area (Å²) >= 11 is 0. The van der Waals surface area contributed by atoms with Crippen LogP contribution in [0.5, 0.6) is 0 Å². The molecule has 3 heteroatoms. The lowest BCUT2D eigenvalue weighted by molar-refractivity contribution is -0.00879. The molecule has 9 heavy (non-hydrogen) atoms. The maximum absolute atomic E-state index is 11.4. The van der Waals surface area contributed by atoms with Crippen molar-refractivity contribution >= 4 is 0 Å². The van der Waals surface area contributed by atoms with Crippen LogP contribution in [0.4, 0.5) is 8.78 Å². The van der Waals surface area contributed by atoms with Gasteiger partial charge in [0, 0.05) is 0 Å². The van der Waals surface area contributed by atoms with Gasteiger partial charge in [0.2, 0.25) is 0 Å². The fourth-order valence-corrected chi connectivity index (χ4v) is 0.327. The summed E-state index contributed by atoms with van der Waals surface area (Å²) in [5.41, 5.74) is 0. The van der Waals surface area contributed by atoms with E-state index in [0.29, 0.717) is 6.42 Å². The average Bonchev–Trinajstić information content (AvgIpc) is 1.83. The minimum Gasteiger partial charge on any atom is -0.372 e. The molecule has 0 amide bonds. The van der Waals surface area contributed by atoms with Gasteiger partial charge in [-0.25, -0.2) is 8.78 Å². The van der Waals surface area contributed by atoms with Crippen molar-refractivity contribution in [1.29, 1.82) is 0 Å². The molecule has 55 valence electrons. The van der Waals surface area contributed by atoms with Crippen LogP contribution in [0.15, 0.2) is 0 Å². The number of hydrogen-bond donors (Lipinski definition) is 0. The Morgan fingerprint density at radius 3 is 2.44 bits per heavy atom. The number of hydrogen-bond acceptors (Lipinski definition) is 1. The van der Waals surface area contributed by atoms with Gasteiger partial charge in [0.05, 0.1) is 6.10 Å². The summed E-state index contributed by atoms with van der Waals surface area (Å²) in [5, 5.41) is 0. The van der Waals surface area contributed by atoms with Crippen molar-refractivity contribution in [3.05, 3.63) is 6.92 Å². The molecule has 0 bridgehead atoms. The predicted molar refractivity (Wildman–Crippen MR) is 31.4 cm³/mol. The summed E-state index contributed by atoms with van der Waals surface area (Å²) < 4.78 is 27.3. The van der Waals surface area contributed by atoms with E-state index in [2.05, 4.69) is 11.7 Å². The third-order valence-corrected chi connectivity index (χ3v) is 0.913. The molecule has 0 heterocycles. The van der Waals surface area contributed by atoms with Crippen LogP contribution in [0.1, 0.15) is 13.3 Å². The van der Waals surface area contributed by atoms with Gasteiger partial charge < -0.3 is 4.74 Å². The zero-order valence-electron chi connectivity index (χ0n) is 5.44. The third-order valence-electron chi connectivity index (χ3n) is 0.913. The second-order valence-corrected chi connectivity index (χ2v) is 1.75. The Morgan fingerprint density at radius 1 is 1.56 bits per heavy atom. The molecule has 0 aliphatic heterocycles. The summed E-state index contributed by atoms with van der Waals surface area (Å²) in [6.45, 7) is 4.81. The average molecular weight is 137 g/mol. The van der Waals surface area contributed by atoms with Crippen LogP contribution >= 0.6 is 0 Å². The smallest absolute Gasteiger partial charge is 0.261 e. The van der Waals surface area contributed by atoms with Gasteiger partial charge in [0.1, 0.15) is 6.61 Å². The van der Waals surface area contributed by atoms with Crippen LogP contribution in [0.3, 0.4) is 0 Å². The quantitative estimate of drug-likeness (QED) is 0.574. The molecule has 1 nitrogen and oxygen atoms in total. The Labute approximate surface area is 54.0 Å². The molecule has 0 aromatic heterocycles. The summed E-state index contributed by atoms with van der Waals surface area (Å²) in [7, 11) is 0. The van der Waals surface area contributed by atoms with Gasteiger partial charge in [-0.15, -0.1) is 0 Å². The molecular formula is C6H11F2O. The van der Waals surface area contributed by atoms with Crippen LogP contribution in [-0.4, -0.2) is 19.1 Å². The molecule has 0 rings (SSSR count). The zero-order valence-corrected chi connectivity index (χ0v) is 5.44. The lowest BCUT2D eigenvalue weighted by atomic mass is 10.3. The molecule has 0 aromatic rings. The van der Waals surface area contributed by atoms with E-state index >= 15 is 0 Å². The van der Waals surface area contributed by atoms with Gasteiger partial charge in [-0.2, -0.15) is 0 Å². The highest BCUT2D eigenvalue weighted by Gasteiger charge is 2.04. The van der Waals surface area contributed by atoms with Crippen molar-refractivity contribution in [2.24, 2.45) is 0 Å². The Hall–Kier alpha value is -0.180. The predicted octanol–water partition coefficient (Wildman–Crippen LogP) is 1.88. The molecular weight excluding hydrogens is 126 g/mol. The SMILES string of the molecule is [CH2]C(CC)OCC(F)F. The van der Waals surface area contributed by atoms with E-state index in [4.69, 9.17) is 0 Å². The highest BCUT2D eigenvalue weighted by atomic mass is 19.3. The number of halogens is 2. The molecule has 0 aromatic carbocycles. The molecule has 0 aliphatic carbocycles. The van der Waals surface area contributed by atoms with Crippen molar-refractivity contribution in [2.45, 2.75) is 25.9 Å². The molecule has 0 fully saturated rings. The number of alkyl halides is 2. The van der Waals surface area contributed by atoms with Crippen LogP contribution < -0.4 is 0 Å². The Bertz CT molecular complexity index is 66.1. The molecule has 0 saturated carbocycles. The Balaban J connectivity index is 3.06. The fourth-order valence-electron chi connectivity index (χ4n) is 0.327.